The number of nitrogens with zero attached hydrogens (tertiary/aromatic N) is 5. The highest BCUT2D eigenvalue weighted by Crippen LogP contribution is 2.36. The maximum absolute atomic E-state index is 15.4. The van der Waals surface area contributed by atoms with Crippen molar-refractivity contribution in [1.82, 2.24) is 19.3 Å². The molecule has 9 nitrogen and oxygen atoms in total. The van der Waals surface area contributed by atoms with E-state index < -0.39 is 5.82 Å². The van der Waals surface area contributed by atoms with Crippen LogP contribution >= 0.6 is 11.3 Å². The molecule has 0 unspecified atom stereocenters. The van der Waals surface area contributed by atoms with Gasteiger partial charge in [0.25, 0.3) is 11.1 Å². The number of ketones is 1. The summed E-state index contributed by atoms with van der Waals surface area (Å²) in [5.74, 6) is 1.03. The standard InChI is InChI=1S/C38H39FN6O3S/c1-4-26(46)16-23-10-9-15-44(21-23)35-14-8-13-34(42-35)41-31-17-24(22-43(3)37(31)47)29-18-25(39)19-32(27(29)5-2)45-38(48)36-30(20-40-45)28-11-6-7-12-33(28)49-36/h4,8,13-14,17-20,22-23H,1,5-7,9-12,15-16,21H2,2-3H3,(H,41,42)/t23-/m1/s1. The number of aryl methyl sites for hydroxylation is 3. The number of carbonyl (C=O) groups excluding carboxylic acids is 1. The number of piperidine rings is 1. The molecule has 1 atom stereocenters. The highest BCUT2D eigenvalue weighted by molar-refractivity contribution is 7.19. The predicted octanol–water partition coefficient (Wildman–Crippen LogP) is 6.89. The number of aromatic nitrogens is 4. The zero-order valence-electron chi connectivity index (χ0n) is 27.8. The van der Waals surface area contributed by atoms with Gasteiger partial charge in [-0.05, 0) is 97.9 Å². The number of pyridine rings is 2. The minimum absolute atomic E-state index is 0.0489. The molecule has 5 aromatic rings. The molecule has 4 aromatic heterocycles. The van der Waals surface area contributed by atoms with Crippen molar-refractivity contribution in [1.29, 1.82) is 0 Å². The minimum atomic E-state index is -0.506. The summed E-state index contributed by atoms with van der Waals surface area (Å²) in [5, 5.41) is 8.68. The van der Waals surface area contributed by atoms with Crippen LogP contribution in [0, 0.1) is 11.7 Å². The fourth-order valence-corrected chi connectivity index (χ4v) is 8.61. The molecule has 1 aliphatic heterocycles. The first-order chi connectivity index (χ1) is 23.7. The quantitative estimate of drug-likeness (QED) is 0.169. The molecule has 1 N–H and O–H groups in total. The monoisotopic (exact) mass is 678 g/mol. The van der Waals surface area contributed by atoms with Crippen LogP contribution in [0.3, 0.4) is 0 Å². The number of allylic oxidation sites excluding steroid dienone is 1. The highest BCUT2D eigenvalue weighted by Gasteiger charge is 2.24. The first-order valence-corrected chi connectivity index (χ1v) is 17.8. The second-order valence-electron chi connectivity index (χ2n) is 13.0. The lowest BCUT2D eigenvalue weighted by Gasteiger charge is -2.33. The van der Waals surface area contributed by atoms with Crippen molar-refractivity contribution >= 4 is 44.5 Å². The zero-order valence-corrected chi connectivity index (χ0v) is 28.6. The summed E-state index contributed by atoms with van der Waals surface area (Å²) in [5.41, 5.74) is 3.32. The summed E-state index contributed by atoms with van der Waals surface area (Å²) < 4.78 is 18.9. The van der Waals surface area contributed by atoms with E-state index in [1.807, 2.05) is 19.1 Å². The van der Waals surface area contributed by atoms with Crippen molar-refractivity contribution in [3.8, 4) is 16.8 Å². The molecule has 1 aliphatic carbocycles. The van der Waals surface area contributed by atoms with Crippen molar-refractivity contribution in [3.05, 3.63) is 104 Å². The van der Waals surface area contributed by atoms with E-state index in [9.17, 15) is 14.4 Å². The van der Waals surface area contributed by atoms with E-state index in [4.69, 9.17) is 4.98 Å². The number of halogens is 1. The number of carbonyl (C=O) groups is 1. The van der Waals surface area contributed by atoms with Crippen LogP contribution in [0.1, 0.15) is 55.0 Å². The van der Waals surface area contributed by atoms with Crippen LogP contribution < -0.4 is 21.3 Å². The Hall–Kier alpha value is -4.90. The van der Waals surface area contributed by atoms with Crippen molar-refractivity contribution in [2.75, 3.05) is 23.3 Å². The molecule has 0 amide bonds. The fourth-order valence-electron chi connectivity index (χ4n) is 7.33. The van der Waals surface area contributed by atoms with E-state index in [2.05, 4.69) is 21.9 Å². The van der Waals surface area contributed by atoms with Crippen molar-refractivity contribution in [3.63, 3.8) is 0 Å². The maximum Gasteiger partial charge on any atom is 0.289 e. The Kier molecular flexibility index (Phi) is 9.02. The Labute approximate surface area is 287 Å². The summed E-state index contributed by atoms with van der Waals surface area (Å²) in [7, 11) is 1.66. The molecule has 0 bridgehead atoms. The Balaban J connectivity index is 1.23. The third-order valence-electron chi connectivity index (χ3n) is 9.73. The van der Waals surface area contributed by atoms with E-state index in [0.29, 0.717) is 46.7 Å². The van der Waals surface area contributed by atoms with Gasteiger partial charge in [0.15, 0.2) is 5.78 Å². The van der Waals surface area contributed by atoms with Crippen molar-refractivity contribution < 1.29 is 9.18 Å². The van der Waals surface area contributed by atoms with Crippen LogP contribution in [-0.4, -0.2) is 38.2 Å². The third-order valence-corrected chi connectivity index (χ3v) is 11.0. The van der Waals surface area contributed by atoms with E-state index in [0.717, 1.165) is 61.8 Å². The SMILES string of the molecule is C=CC(=O)C[C@H]1CCCN(c2cccc(Nc3cc(-c4cc(F)cc(-n5ncc6c7c(sc6c5=O)CCCC7)c4CC)cn(C)c3=O)n2)C1. The first-order valence-electron chi connectivity index (χ1n) is 16.9. The van der Waals surface area contributed by atoms with Gasteiger partial charge >= 0.3 is 0 Å². The van der Waals surface area contributed by atoms with Crippen LogP contribution in [0.4, 0.5) is 21.7 Å². The van der Waals surface area contributed by atoms with Gasteiger partial charge in [0.05, 0.1) is 11.9 Å². The Morgan fingerprint density at radius 2 is 1.98 bits per heavy atom. The molecule has 252 valence electrons. The minimum Gasteiger partial charge on any atom is -0.356 e. The molecular formula is C38H39FN6O3S. The number of nitrogens with one attached hydrogen (secondary N) is 1. The molecule has 1 aromatic carbocycles. The van der Waals surface area contributed by atoms with Gasteiger partial charge in [-0.15, -0.1) is 11.3 Å². The van der Waals surface area contributed by atoms with Crippen LogP contribution in [0.5, 0.6) is 0 Å². The summed E-state index contributed by atoms with van der Waals surface area (Å²) in [4.78, 5) is 47.4. The van der Waals surface area contributed by atoms with Crippen molar-refractivity contribution in [2.24, 2.45) is 13.0 Å². The predicted molar refractivity (Wildman–Crippen MR) is 194 cm³/mol. The van der Waals surface area contributed by atoms with Gasteiger partial charge in [-0.25, -0.2) is 9.37 Å². The van der Waals surface area contributed by atoms with Crippen LogP contribution in [0.2, 0.25) is 0 Å². The van der Waals surface area contributed by atoms with Crippen LogP contribution in [-0.2, 0) is 31.1 Å². The van der Waals surface area contributed by atoms with Crippen LogP contribution in [0.25, 0.3) is 26.9 Å². The topological polar surface area (TPSA) is 102 Å². The molecule has 7 rings (SSSR count). The molecule has 49 heavy (non-hydrogen) atoms. The second kappa shape index (κ2) is 13.5. The summed E-state index contributed by atoms with van der Waals surface area (Å²) in [6.07, 6.45) is 11.9. The molecular weight excluding hydrogens is 640 g/mol. The molecule has 0 saturated carbocycles. The lowest BCUT2D eigenvalue weighted by molar-refractivity contribution is -0.115. The van der Waals surface area contributed by atoms with Gasteiger partial charge in [0.1, 0.15) is 27.8 Å². The van der Waals surface area contributed by atoms with Crippen LogP contribution in [0.15, 0.2) is 71.0 Å². The summed E-state index contributed by atoms with van der Waals surface area (Å²) >= 11 is 1.53. The molecule has 0 radical (unpaired) electrons. The Morgan fingerprint density at radius 1 is 1.14 bits per heavy atom. The lowest BCUT2D eigenvalue weighted by atomic mass is 9.93. The zero-order chi connectivity index (χ0) is 34.2. The van der Waals surface area contributed by atoms with E-state index in [1.165, 1.54) is 49.2 Å². The van der Waals surface area contributed by atoms with E-state index in [1.54, 1.807) is 31.6 Å². The molecule has 1 saturated heterocycles. The largest absolute Gasteiger partial charge is 0.356 e. The Bertz CT molecular complexity index is 2220. The second-order valence-corrected chi connectivity index (χ2v) is 14.1. The molecule has 0 spiro atoms. The number of thiophene rings is 1. The number of hydrogen-bond acceptors (Lipinski definition) is 8. The summed E-state index contributed by atoms with van der Waals surface area (Å²) in [6.45, 7) is 7.11. The van der Waals surface area contributed by atoms with Gasteiger partial charge in [-0.1, -0.05) is 19.6 Å². The first kappa shape index (κ1) is 32.6. The number of benzene rings is 1. The number of anilines is 3. The smallest absolute Gasteiger partial charge is 0.289 e. The number of rotatable bonds is 9. The average molecular weight is 679 g/mol. The Morgan fingerprint density at radius 3 is 2.80 bits per heavy atom. The van der Waals surface area contributed by atoms with Gasteiger partial charge in [-0.2, -0.15) is 9.78 Å². The molecule has 11 heteroatoms. The molecule has 5 heterocycles. The van der Waals surface area contributed by atoms with Gasteiger partial charge in [0.2, 0.25) is 0 Å². The molecule has 1 fully saturated rings. The average Bonchev–Trinajstić information content (AvgIpc) is 3.50. The number of fused-ring (bicyclic) bond motifs is 3. The highest BCUT2D eigenvalue weighted by atomic mass is 32.1. The van der Waals surface area contributed by atoms with E-state index in [-0.39, 0.29) is 28.5 Å². The van der Waals surface area contributed by atoms with Crippen molar-refractivity contribution in [2.45, 2.75) is 58.3 Å². The number of hydrogen-bond donors (Lipinski definition) is 1. The fraction of sp³-hybridized carbons (Fsp3) is 0.342. The lowest BCUT2D eigenvalue weighted by Crippen LogP contribution is -2.36. The molecule has 2 aliphatic rings. The van der Waals surface area contributed by atoms with Gasteiger partial charge < -0.3 is 14.8 Å². The van der Waals surface area contributed by atoms with Gasteiger partial charge in [-0.3, -0.25) is 14.4 Å². The third kappa shape index (κ3) is 6.35. The van der Waals surface area contributed by atoms with E-state index >= 15 is 4.39 Å². The summed E-state index contributed by atoms with van der Waals surface area (Å²) in [6, 6.07) is 10.1. The maximum atomic E-state index is 15.4. The normalized spacial score (nSPS) is 16.1. The van der Waals surface area contributed by atoms with Gasteiger partial charge in [0, 0.05) is 54.6 Å².